The first-order valence-electron chi connectivity index (χ1n) is 6.23. The van der Waals surface area contributed by atoms with Crippen molar-refractivity contribution in [2.45, 2.75) is 25.2 Å². The summed E-state index contributed by atoms with van der Waals surface area (Å²) in [6, 6.07) is 0.702. The van der Waals surface area contributed by atoms with Gasteiger partial charge >= 0.3 is 12.4 Å². The number of piperidine rings is 1. The highest BCUT2D eigenvalue weighted by atomic mass is 19.4. The Kier molecular flexibility index (Phi) is 3.94. The van der Waals surface area contributed by atoms with E-state index in [-0.39, 0.29) is 30.8 Å². The molecule has 118 valence electrons. The van der Waals surface area contributed by atoms with E-state index in [1.807, 2.05) is 0 Å². The third-order valence-corrected chi connectivity index (χ3v) is 3.43. The van der Waals surface area contributed by atoms with Crippen LogP contribution in [0.3, 0.4) is 0 Å². The van der Waals surface area contributed by atoms with Gasteiger partial charge in [0.05, 0.1) is 23.5 Å². The van der Waals surface area contributed by atoms with Crippen LogP contribution in [-0.4, -0.2) is 24.2 Å². The molecule has 2 N–H and O–H groups in total. The molecule has 0 amide bonds. The number of nitrogens with zero attached hydrogens (tertiary/aromatic N) is 2. The third-order valence-electron chi connectivity index (χ3n) is 3.43. The van der Waals surface area contributed by atoms with Crippen molar-refractivity contribution in [3.8, 4) is 0 Å². The van der Waals surface area contributed by atoms with Gasteiger partial charge in [-0.2, -0.15) is 26.3 Å². The van der Waals surface area contributed by atoms with Gasteiger partial charge in [0.25, 0.3) is 0 Å². The van der Waals surface area contributed by atoms with Gasteiger partial charge in [-0.3, -0.25) is 0 Å². The van der Waals surface area contributed by atoms with Crippen molar-refractivity contribution >= 4 is 11.4 Å². The molecule has 1 aliphatic rings. The van der Waals surface area contributed by atoms with Crippen molar-refractivity contribution in [1.82, 2.24) is 4.98 Å². The number of rotatable bonds is 1. The van der Waals surface area contributed by atoms with Gasteiger partial charge in [0.15, 0.2) is 0 Å². The van der Waals surface area contributed by atoms with Gasteiger partial charge in [-0.05, 0) is 18.9 Å². The van der Waals surface area contributed by atoms with Crippen molar-refractivity contribution in [2.24, 2.45) is 5.92 Å². The second kappa shape index (κ2) is 5.27. The van der Waals surface area contributed by atoms with E-state index >= 15 is 0 Å². The number of hydrogen-bond acceptors (Lipinski definition) is 3. The molecule has 0 saturated carbocycles. The molecular weight excluding hydrogens is 300 g/mol. The zero-order chi connectivity index (χ0) is 15.8. The van der Waals surface area contributed by atoms with Crippen LogP contribution in [0.25, 0.3) is 0 Å². The Morgan fingerprint density at radius 1 is 1.19 bits per heavy atom. The maximum atomic E-state index is 12.7. The lowest BCUT2D eigenvalue weighted by Crippen LogP contribution is -2.42. The minimum Gasteiger partial charge on any atom is -0.396 e. The van der Waals surface area contributed by atoms with Crippen LogP contribution in [0.1, 0.15) is 18.5 Å². The summed E-state index contributed by atoms with van der Waals surface area (Å²) in [6.07, 6.45) is -7.99. The summed E-state index contributed by atoms with van der Waals surface area (Å²) in [7, 11) is 0. The van der Waals surface area contributed by atoms with Gasteiger partial charge < -0.3 is 10.6 Å². The molecule has 0 aliphatic carbocycles. The zero-order valence-corrected chi connectivity index (χ0v) is 10.8. The first-order valence-corrected chi connectivity index (χ1v) is 6.23. The van der Waals surface area contributed by atoms with E-state index < -0.39 is 30.5 Å². The molecule has 1 aromatic heterocycles. The van der Waals surface area contributed by atoms with Gasteiger partial charge in [-0.1, -0.05) is 0 Å². The molecule has 1 unspecified atom stereocenters. The van der Waals surface area contributed by atoms with E-state index in [9.17, 15) is 26.3 Å². The summed E-state index contributed by atoms with van der Waals surface area (Å²) in [5.74, 6) is -1.56. The van der Waals surface area contributed by atoms with Crippen LogP contribution in [0.15, 0.2) is 12.3 Å². The maximum absolute atomic E-state index is 12.7. The average molecular weight is 313 g/mol. The van der Waals surface area contributed by atoms with Gasteiger partial charge in [-0.15, -0.1) is 0 Å². The van der Waals surface area contributed by atoms with E-state index in [0.29, 0.717) is 6.07 Å². The fraction of sp³-hybridized carbons (Fsp3) is 0.583. The molecule has 0 bridgehead atoms. The Morgan fingerprint density at radius 2 is 1.86 bits per heavy atom. The maximum Gasteiger partial charge on any atom is 0.433 e. The van der Waals surface area contributed by atoms with Gasteiger partial charge in [0.1, 0.15) is 5.69 Å². The Labute approximate surface area is 116 Å². The van der Waals surface area contributed by atoms with Crippen LogP contribution in [0.5, 0.6) is 0 Å². The van der Waals surface area contributed by atoms with Crippen LogP contribution >= 0.6 is 0 Å². The molecule has 1 aromatic rings. The third kappa shape index (κ3) is 3.51. The normalized spacial score (nSPS) is 20.7. The highest BCUT2D eigenvalue weighted by Crippen LogP contribution is 2.38. The van der Waals surface area contributed by atoms with Gasteiger partial charge in [0.2, 0.25) is 0 Å². The smallest absolute Gasteiger partial charge is 0.396 e. The highest BCUT2D eigenvalue weighted by molar-refractivity contribution is 5.67. The summed E-state index contributed by atoms with van der Waals surface area (Å²) in [5.41, 5.74) is 4.29. The minimum absolute atomic E-state index is 0.0306. The number of nitrogens with two attached hydrogens (primary N) is 1. The molecule has 2 rings (SSSR count). The molecule has 2 heterocycles. The molecular formula is C12H13F6N3. The first-order chi connectivity index (χ1) is 9.59. The van der Waals surface area contributed by atoms with Crippen molar-refractivity contribution < 1.29 is 26.3 Å². The number of anilines is 2. The fourth-order valence-electron chi connectivity index (χ4n) is 2.35. The van der Waals surface area contributed by atoms with E-state index in [1.165, 1.54) is 4.90 Å². The second-order valence-electron chi connectivity index (χ2n) is 4.95. The Hall–Kier alpha value is -1.67. The number of alkyl halides is 6. The van der Waals surface area contributed by atoms with Gasteiger partial charge in [0, 0.05) is 13.1 Å². The second-order valence-corrected chi connectivity index (χ2v) is 4.95. The summed E-state index contributed by atoms with van der Waals surface area (Å²) in [6.45, 7) is -0.160. The molecule has 0 spiro atoms. The lowest BCUT2D eigenvalue weighted by molar-refractivity contribution is -0.176. The predicted molar refractivity (Wildman–Crippen MR) is 64.6 cm³/mol. The summed E-state index contributed by atoms with van der Waals surface area (Å²) in [4.78, 5) is 4.42. The quantitative estimate of drug-likeness (QED) is 0.807. The minimum atomic E-state index is -4.67. The Balaban J connectivity index is 2.29. The molecule has 21 heavy (non-hydrogen) atoms. The summed E-state index contributed by atoms with van der Waals surface area (Å²) >= 11 is 0. The molecule has 9 heteroatoms. The lowest BCUT2D eigenvalue weighted by Gasteiger charge is -2.35. The molecule has 3 nitrogen and oxygen atoms in total. The molecule has 1 aliphatic heterocycles. The number of aromatic nitrogens is 1. The molecule has 0 radical (unpaired) electrons. The van der Waals surface area contributed by atoms with E-state index in [1.54, 1.807) is 0 Å². The van der Waals surface area contributed by atoms with Crippen molar-refractivity contribution in [1.29, 1.82) is 0 Å². The Morgan fingerprint density at radius 3 is 2.43 bits per heavy atom. The van der Waals surface area contributed by atoms with E-state index in [0.717, 1.165) is 6.20 Å². The Bertz CT molecular complexity index is 511. The topological polar surface area (TPSA) is 42.1 Å². The zero-order valence-electron chi connectivity index (χ0n) is 10.8. The average Bonchev–Trinajstić information content (AvgIpc) is 2.37. The molecule has 1 fully saturated rings. The summed E-state index contributed by atoms with van der Waals surface area (Å²) < 4.78 is 76.1. The fourth-order valence-corrected chi connectivity index (χ4v) is 2.35. The first kappa shape index (κ1) is 15.7. The van der Waals surface area contributed by atoms with Crippen LogP contribution in [0, 0.1) is 5.92 Å². The monoisotopic (exact) mass is 313 g/mol. The largest absolute Gasteiger partial charge is 0.433 e. The van der Waals surface area contributed by atoms with Crippen LogP contribution in [0.2, 0.25) is 0 Å². The highest BCUT2D eigenvalue weighted by Gasteiger charge is 2.42. The lowest BCUT2D eigenvalue weighted by atomic mass is 9.97. The van der Waals surface area contributed by atoms with E-state index in [2.05, 4.69) is 4.98 Å². The number of nitrogen functional groups attached to an aromatic ring is 1. The SMILES string of the molecule is Nc1cnc(C(F)(F)F)cc1N1CCCC(C(F)(F)F)C1. The number of hydrogen-bond donors (Lipinski definition) is 1. The summed E-state index contributed by atoms with van der Waals surface area (Å²) in [5, 5.41) is 0. The van der Waals surface area contributed by atoms with Crippen molar-refractivity contribution in [3.05, 3.63) is 18.0 Å². The van der Waals surface area contributed by atoms with Gasteiger partial charge in [-0.25, -0.2) is 4.98 Å². The van der Waals surface area contributed by atoms with Crippen LogP contribution in [-0.2, 0) is 6.18 Å². The van der Waals surface area contributed by atoms with Crippen molar-refractivity contribution in [3.63, 3.8) is 0 Å². The van der Waals surface area contributed by atoms with Crippen molar-refractivity contribution in [2.75, 3.05) is 23.7 Å². The standard InChI is InChI=1S/C12H13F6N3/c13-11(14,15)7-2-1-3-21(6-7)9-4-10(12(16,17)18)20-5-8(9)19/h4-5,7H,1-3,6,19H2. The molecule has 0 aromatic carbocycles. The van der Waals surface area contributed by atoms with Crippen LogP contribution < -0.4 is 10.6 Å². The van der Waals surface area contributed by atoms with E-state index in [4.69, 9.17) is 5.73 Å². The number of pyridine rings is 1. The molecule has 1 atom stereocenters. The predicted octanol–water partition coefficient (Wildman–Crippen LogP) is 3.46. The van der Waals surface area contributed by atoms with Crippen LogP contribution in [0.4, 0.5) is 37.7 Å². The molecule has 1 saturated heterocycles. The number of halogens is 6.